The molecule has 4 rings (SSSR count). The largest absolute Gasteiger partial charge is 0.512 e. The van der Waals surface area contributed by atoms with Crippen molar-refractivity contribution in [2.24, 2.45) is 5.92 Å². The van der Waals surface area contributed by atoms with Crippen molar-refractivity contribution in [3.63, 3.8) is 0 Å². The fourth-order valence-electron chi connectivity index (χ4n) is 4.19. The van der Waals surface area contributed by atoms with Gasteiger partial charge in [0.05, 0.1) is 18.0 Å². The van der Waals surface area contributed by atoms with Gasteiger partial charge in [0.15, 0.2) is 0 Å². The molecule has 1 aromatic carbocycles. The Morgan fingerprint density at radius 3 is 2.53 bits per heavy atom. The summed E-state index contributed by atoms with van der Waals surface area (Å²) >= 11 is 0. The first kappa shape index (κ1) is 20.3. The average molecular weight is 408 g/mol. The Morgan fingerprint density at radius 2 is 1.87 bits per heavy atom. The van der Waals surface area contributed by atoms with Gasteiger partial charge in [-0.25, -0.2) is 9.97 Å². The summed E-state index contributed by atoms with van der Waals surface area (Å²) in [5, 5.41) is 13.6. The predicted molar refractivity (Wildman–Crippen MR) is 119 cm³/mol. The number of carbonyl (C=O) groups is 1. The van der Waals surface area contributed by atoms with Gasteiger partial charge in [0.2, 0.25) is 5.95 Å². The van der Waals surface area contributed by atoms with E-state index >= 15 is 0 Å². The maximum Gasteiger partial charge on any atom is 0.227 e. The third kappa shape index (κ3) is 4.31. The third-order valence-electron chi connectivity index (χ3n) is 5.83. The Labute approximate surface area is 177 Å². The van der Waals surface area contributed by atoms with Crippen molar-refractivity contribution in [2.45, 2.75) is 26.7 Å². The molecule has 0 radical (unpaired) electrons. The lowest BCUT2D eigenvalue weighted by Crippen LogP contribution is -2.46. The van der Waals surface area contributed by atoms with Gasteiger partial charge in [-0.05, 0) is 42.2 Å². The molecule has 0 saturated carbocycles. The number of carbonyl (C=O) groups excluding carboxylic acids is 1. The van der Waals surface area contributed by atoms with Crippen LogP contribution >= 0.6 is 0 Å². The molecule has 2 aliphatic rings. The lowest BCUT2D eigenvalue weighted by molar-refractivity contribution is -0.108. The number of rotatable bonds is 6. The highest BCUT2D eigenvalue weighted by Crippen LogP contribution is 2.34. The number of fused-ring (bicyclic) bond motifs is 1. The van der Waals surface area contributed by atoms with Crippen LogP contribution in [-0.2, 0) is 11.2 Å². The van der Waals surface area contributed by atoms with E-state index in [2.05, 4.69) is 46.1 Å². The Bertz CT molecular complexity index is 931. The summed E-state index contributed by atoms with van der Waals surface area (Å²) in [6.07, 6.45) is 4.26. The van der Waals surface area contributed by atoms with E-state index in [0.717, 1.165) is 61.4 Å². The Morgan fingerprint density at radius 1 is 1.13 bits per heavy atom. The molecule has 0 spiro atoms. The van der Waals surface area contributed by atoms with E-state index < -0.39 is 0 Å². The number of aryl methyl sites for hydroxylation is 1. The maximum atomic E-state index is 10.7. The molecule has 1 aliphatic carbocycles. The number of benzene rings is 1. The zero-order valence-electron chi connectivity index (χ0n) is 17.6. The number of nitrogens with one attached hydrogen (secondary N) is 1. The van der Waals surface area contributed by atoms with Gasteiger partial charge in [0.25, 0.3) is 0 Å². The Balaban J connectivity index is 1.45. The summed E-state index contributed by atoms with van der Waals surface area (Å²) in [4.78, 5) is 24.4. The number of anilines is 3. The van der Waals surface area contributed by atoms with Gasteiger partial charge in [-0.15, -0.1) is 0 Å². The SMILES string of the molecule is CC(C)C1=C(O)CCc2cnc(Nc3ccc(N4CCN(CC=O)CC4)cc3)nc21. The second-order valence-corrected chi connectivity index (χ2v) is 8.21. The third-order valence-corrected chi connectivity index (χ3v) is 5.83. The zero-order valence-corrected chi connectivity index (χ0v) is 17.6. The number of aldehydes is 1. The first-order chi connectivity index (χ1) is 14.5. The monoisotopic (exact) mass is 407 g/mol. The van der Waals surface area contributed by atoms with Crippen molar-refractivity contribution in [3.05, 3.63) is 47.5 Å². The van der Waals surface area contributed by atoms with Crippen LogP contribution in [0, 0.1) is 5.92 Å². The minimum absolute atomic E-state index is 0.207. The molecule has 0 atom stereocenters. The second kappa shape index (κ2) is 8.83. The van der Waals surface area contributed by atoms with E-state index in [1.54, 1.807) is 0 Å². The lowest BCUT2D eigenvalue weighted by Gasteiger charge is -2.35. The molecule has 1 fully saturated rings. The van der Waals surface area contributed by atoms with Crippen LogP contribution in [0.1, 0.15) is 31.5 Å². The number of allylic oxidation sites excluding steroid dienone is 2. The van der Waals surface area contributed by atoms with Crippen LogP contribution in [0.25, 0.3) is 5.57 Å². The lowest BCUT2D eigenvalue weighted by atomic mass is 9.88. The normalized spacial score (nSPS) is 17.2. The van der Waals surface area contributed by atoms with Gasteiger partial charge in [-0.1, -0.05) is 13.8 Å². The number of aliphatic hydroxyl groups is 1. The van der Waals surface area contributed by atoms with Crippen molar-refractivity contribution < 1.29 is 9.90 Å². The van der Waals surface area contributed by atoms with E-state index in [-0.39, 0.29) is 5.92 Å². The minimum atomic E-state index is 0.207. The molecular weight excluding hydrogens is 378 g/mol. The summed E-state index contributed by atoms with van der Waals surface area (Å²) < 4.78 is 0. The molecule has 1 aromatic heterocycles. The second-order valence-electron chi connectivity index (χ2n) is 8.21. The Kier molecular flexibility index (Phi) is 5.99. The molecule has 1 aliphatic heterocycles. The summed E-state index contributed by atoms with van der Waals surface area (Å²) in [6.45, 7) is 8.31. The molecule has 0 bridgehead atoms. The quantitative estimate of drug-likeness (QED) is 0.710. The van der Waals surface area contributed by atoms with Crippen molar-refractivity contribution in [1.29, 1.82) is 0 Å². The van der Waals surface area contributed by atoms with Gasteiger partial charge >= 0.3 is 0 Å². The number of piperazine rings is 1. The van der Waals surface area contributed by atoms with Gasteiger partial charge in [-0.3, -0.25) is 4.90 Å². The molecule has 2 heterocycles. The molecule has 30 heavy (non-hydrogen) atoms. The molecule has 0 amide bonds. The molecule has 1 saturated heterocycles. The van der Waals surface area contributed by atoms with E-state index in [9.17, 15) is 9.90 Å². The van der Waals surface area contributed by atoms with Crippen LogP contribution in [-0.4, -0.2) is 59.0 Å². The van der Waals surface area contributed by atoms with E-state index in [4.69, 9.17) is 4.98 Å². The Hall–Kier alpha value is -2.93. The number of hydrogen-bond acceptors (Lipinski definition) is 7. The highest BCUT2D eigenvalue weighted by atomic mass is 16.3. The van der Waals surface area contributed by atoms with Crippen LogP contribution < -0.4 is 10.2 Å². The number of nitrogens with zero attached hydrogens (tertiary/aromatic N) is 4. The maximum absolute atomic E-state index is 10.7. The highest BCUT2D eigenvalue weighted by Gasteiger charge is 2.23. The molecule has 2 N–H and O–H groups in total. The van der Waals surface area contributed by atoms with Gasteiger partial charge in [0.1, 0.15) is 6.29 Å². The topological polar surface area (TPSA) is 81.6 Å². The van der Waals surface area contributed by atoms with E-state index in [0.29, 0.717) is 24.7 Å². The average Bonchev–Trinajstić information content (AvgIpc) is 2.75. The van der Waals surface area contributed by atoms with Crippen LogP contribution in [0.4, 0.5) is 17.3 Å². The summed E-state index contributed by atoms with van der Waals surface area (Å²) in [5.74, 6) is 1.19. The van der Waals surface area contributed by atoms with Crippen molar-refractivity contribution in [2.75, 3.05) is 42.9 Å². The van der Waals surface area contributed by atoms with Gasteiger partial charge < -0.3 is 20.1 Å². The van der Waals surface area contributed by atoms with Crippen LogP contribution in [0.3, 0.4) is 0 Å². The predicted octanol–water partition coefficient (Wildman–Crippen LogP) is 3.41. The fraction of sp³-hybridized carbons (Fsp3) is 0.435. The molecule has 7 heteroatoms. The van der Waals surface area contributed by atoms with Gasteiger partial charge in [0, 0.05) is 55.7 Å². The molecule has 2 aromatic rings. The standard InChI is InChI=1S/C23H29N5O2/c1-16(2)21-20(30)8-3-17-15-24-23(26-22(17)21)25-18-4-6-19(7-5-18)28-11-9-27(10-12-28)13-14-29/h4-7,14-16,30H,3,8-13H2,1-2H3,(H,24,25,26). The van der Waals surface area contributed by atoms with E-state index in [1.807, 2.05) is 18.3 Å². The minimum Gasteiger partial charge on any atom is -0.512 e. The first-order valence-electron chi connectivity index (χ1n) is 10.6. The highest BCUT2D eigenvalue weighted by molar-refractivity contribution is 5.71. The van der Waals surface area contributed by atoms with Crippen molar-refractivity contribution in [3.8, 4) is 0 Å². The number of aromatic nitrogens is 2. The molecule has 7 nitrogen and oxygen atoms in total. The summed E-state index contributed by atoms with van der Waals surface area (Å²) in [6, 6.07) is 8.27. The van der Waals surface area contributed by atoms with Crippen LogP contribution in [0.5, 0.6) is 0 Å². The fourth-order valence-corrected chi connectivity index (χ4v) is 4.19. The van der Waals surface area contributed by atoms with Crippen molar-refractivity contribution in [1.82, 2.24) is 14.9 Å². The molecule has 158 valence electrons. The summed E-state index contributed by atoms with van der Waals surface area (Å²) in [5.41, 5.74) is 4.97. The van der Waals surface area contributed by atoms with E-state index in [1.165, 1.54) is 5.69 Å². The smallest absolute Gasteiger partial charge is 0.227 e. The first-order valence-corrected chi connectivity index (χ1v) is 10.6. The van der Waals surface area contributed by atoms with Crippen LogP contribution in [0.2, 0.25) is 0 Å². The van der Waals surface area contributed by atoms with Crippen LogP contribution in [0.15, 0.2) is 36.2 Å². The summed E-state index contributed by atoms with van der Waals surface area (Å²) in [7, 11) is 0. The molecule has 0 unspecified atom stereocenters. The number of aliphatic hydroxyl groups excluding tert-OH is 1. The van der Waals surface area contributed by atoms with Gasteiger partial charge in [-0.2, -0.15) is 0 Å². The molecular formula is C23H29N5O2. The number of hydrogen-bond donors (Lipinski definition) is 2. The zero-order chi connectivity index (χ0) is 21.1. The van der Waals surface area contributed by atoms with Crippen molar-refractivity contribution >= 4 is 29.2 Å².